The number of aryl methyl sites for hydroxylation is 2. The smallest absolute Gasteiger partial charge is 0.189 e. The van der Waals surface area contributed by atoms with Gasteiger partial charge >= 0.3 is 0 Å². The van der Waals surface area contributed by atoms with Crippen LogP contribution in [0.1, 0.15) is 22.3 Å². The Balaban J connectivity index is 2.03. The lowest BCUT2D eigenvalue weighted by molar-refractivity contribution is -0.711. The molecule has 2 aromatic heterocycles. The van der Waals surface area contributed by atoms with Gasteiger partial charge in [-0.15, -0.1) is 0 Å². The van der Waals surface area contributed by atoms with E-state index in [1.54, 1.807) is 0 Å². The molecule has 1 aliphatic heterocycles. The summed E-state index contributed by atoms with van der Waals surface area (Å²) in [6, 6.07) is 17.7. The van der Waals surface area contributed by atoms with E-state index in [1.807, 2.05) is 0 Å². The third-order valence-electron chi connectivity index (χ3n) is 4.44. The molecule has 1 aliphatic rings. The molecule has 3 heterocycles. The van der Waals surface area contributed by atoms with E-state index in [0.717, 1.165) is 13.1 Å². The van der Waals surface area contributed by atoms with Gasteiger partial charge in [0.05, 0.1) is 0 Å². The fraction of sp³-hybridized carbons (Fsp3) is 0.200. The number of pyridine rings is 2. The second-order valence-electron chi connectivity index (χ2n) is 6.20. The summed E-state index contributed by atoms with van der Waals surface area (Å²) >= 11 is 0. The summed E-state index contributed by atoms with van der Waals surface area (Å²) < 4.78 is 4.71. The summed E-state index contributed by atoms with van der Waals surface area (Å²) in [7, 11) is 0. The van der Waals surface area contributed by atoms with Crippen LogP contribution in [0.25, 0.3) is 11.4 Å². The Morgan fingerprint density at radius 2 is 1.14 bits per heavy atom. The van der Waals surface area contributed by atoms with Crippen molar-refractivity contribution in [3.05, 3.63) is 83.2 Å². The molecule has 0 unspecified atom stereocenters. The first-order valence-electron chi connectivity index (χ1n) is 7.78. The van der Waals surface area contributed by atoms with Crippen LogP contribution in [0, 0.1) is 13.8 Å². The van der Waals surface area contributed by atoms with E-state index in [9.17, 15) is 0 Å². The highest BCUT2D eigenvalue weighted by Crippen LogP contribution is 2.19. The molecule has 0 N–H and O–H groups in total. The van der Waals surface area contributed by atoms with E-state index in [2.05, 4.69) is 83.9 Å². The Labute approximate surface area is 131 Å². The zero-order valence-electron chi connectivity index (χ0n) is 13.1. The minimum absolute atomic E-state index is 0.930. The number of rotatable bonds is 0. The summed E-state index contributed by atoms with van der Waals surface area (Å²) in [4.78, 5) is 0. The van der Waals surface area contributed by atoms with Gasteiger partial charge in [-0.3, -0.25) is 0 Å². The second kappa shape index (κ2) is 5.06. The summed E-state index contributed by atoms with van der Waals surface area (Å²) in [6.45, 7) is 6.18. The van der Waals surface area contributed by atoms with Gasteiger partial charge in [-0.1, -0.05) is 24.3 Å². The Hall–Kier alpha value is -2.48. The molecule has 2 nitrogen and oxygen atoms in total. The molecule has 0 saturated carbocycles. The van der Waals surface area contributed by atoms with Crippen molar-refractivity contribution in [1.82, 2.24) is 0 Å². The van der Waals surface area contributed by atoms with Crippen molar-refractivity contribution in [3.8, 4) is 11.4 Å². The highest BCUT2D eigenvalue weighted by Gasteiger charge is 2.27. The molecule has 1 aromatic carbocycles. The van der Waals surface area contributed by atoms with E-state index in [-0.39, 0.29) is 0 Å². The van der Waals surface area contributed by atoms with E-state index in [0.29, 0.717) is 0 Å². The average molecular weight is 288 g/mol. The van der Waals surface area contributed by atoms with Gasteiger partial charge in [0.25, 0.3) is 11.4 Å². The van der Waals surface area contributed by atoms with Crippen LogP contribution in [0.2, 0.25) is 0 Å². The summed E-state index contributed by atoms with van der Waals surface area (Å²) in [5.41, 5.74) is 7.98. The van der Waals surface area contributed by atoms with Crippen LogP contribution in [0.4, 0.5) is 0 Å². The fourth-order valence-electron chi connectivity index (χ4n) is 3.22. The van der Waals surface area contributed by atoms with Crippen LogP contribution >= 0.6 is 0 Å². The maximum Gasteiger partial charge on any atom is 0.277 e. The van der Waals surface area contributed by atoms with Gasteiger partial charge in [0.2, 0.25) is 0 Å². The third-order valence-corrected chi connectivity index (χ3v) is 4.44. The minimum atomic E-state index is 0.930. The first kappa shape index (κ1) is 13.2. The molecule has 4 rings (SSSR count). The third kappa shape index (κ3) is 2.21. The van der Waals surface area contributed by atoms with Crippen molar-refractivity contribution in [2.24, 2.45) is 0 Å². The van der Waals surface area contributed by atoms with Crippen molar-refractivity contribution in [2.75, 3.05) is 0 Å². The molecule has 0 radical (unpaired) electrons. The van der Waals surface area contributed by atoms with Gasteiger partial charge in [0.1, 0.15) is 0 Å². The maximum atomic E-state index is 2.36. The molecule has 0 bridgehead atoms. The molecule has 3 aromatic rings. The Kier molecular flexibility index (Phi) is 3.04. The van der Waals surface area contributed by atoms with Crippen molar-refractivity contribution in [1.29, 1.82) is 0 Å². The number of aromatic nitrogens is 2. The second-order valence-corrected chi connectivity index (χ2v) is 6.20. The van der Waals surface area contributed by atoms with E-state index < -0.39 is 0 Å². The highest BCUT2D eigenvalue weighted by atomic mass is 15.0. The van der Waals surface area contributed by atoms with Crippen LogP contribution in [-0.2, 0) is 13.1 Å². The van der Waals surface area contributed by atoms with Gasteiger partial charge in [0.15, 0.2) is 25.5 Å². The zero-order chi connectivity index (χ0) is 15.1. The molecule has 0 spiro atoms. The molecule has 2 heteroatoms. The summed E-state index contributed by atoms with van der Waals surface area (Å²) in [6.07, 6.45) is 4.42. The Morgan fingerprint density at radius 3 is 1.59 bits per heavy atom. The first-order chi connectivity index (χ1) is 10.7. The molecular formula is C20H20N2+2. The van der Waals surface area contributed by atoms with E-state index in [1.165, 1.54) is 33.6 Å². The van der Waals surface area contributed by atoms with Gasteiger partial charge in [-0.2, -0.15) is 9.13 Å². The number of nitrogens with zero attached hydrogens (tertiary/aromatic N) is 2. The molecule has 0 fully saturated rings. The van der Waals surface area contributed by atoms with Crippen LogP contribution in [0.3, 0.4) is 0 Å². The largest absolute Gasteiger partial charge is 0.277 e. The monoisotopic (exact) mass is 288 g/mol. The predicted molar refractivity (Wildman–Crippen MR) is 86.4 cm³/mol. The summed E-state index contributed by atoms with van der Waals surface area (Å²) in [5, 5.41) is 0. The lowest BCUT2D eigenvalue weighted by Crippen LogP contribution is -2.46. The van der Waals surface area contributed by atoms with Crippen LogP contribution in [0.15, 0.2) is 60.9 Å². The topological polar surface area (TPSA) is 7.76 Å². The number of hydrogen-bond acceptors (Lipinski definition) is 0. The first-order valence-corrected chi connectivity index (χ1v) is 7.78. The quantitative estimate of drug-likeness (QED) is 0.440. The van der Waals surface area contributed by atoms with Crippen LogP contribution < -0.4 is 9.13 Å². The molecule has 0 atom stereocenters. The molecule has 22 heavy (non-hydrogen) atoms. The highest BCUT2D eigenvalue weighted by molar-refractivity contribution is 5.49. The normalized spacial score (nSPS) is 12.6. The van der Waals surface area contributed by atoms with Crippen molar-refractivity contribution in [3.63, 3.8) is 0 Å². The average Bonchev–Trinajstić information content (AvgIpc) is 2.51. The van der Waals surface area contributed by atoms with Gasteiger partial charge in [0, 0.05) is 35.4 Å². The maximum absolute atomic E-state index is 2.36. The lowest BCUT2D eigenvalue weighted by Gasteiger charge is -2.12. The van der Waals surface area contributed by atoms with Crippen LogP contribution in [-0.4, -0.2) is 0 Å². The zero-order valence-corrected chi connectivity index (χ0v) is 13.1. The van der Waals surface area contributed by atoms with Gasteiger partial charge in [-0.25, -0.2) is 0 Å². The Morgan fingerprint density at radius 1 is 0.682 bits per heavy atom. The Bertz CT molecular complexity index is 793. The minimum Gasteiger partial charge on any atom is -0.189 e. The van der Waals surface area contributed by atoms with E-state index >= 15 is 0 Å². The number of fused-ring (bicyclic) bond motifs is 4. The van der Waals surface area contributed by atoms with Gasteiger partial charge < -0.3 is 0 Å². The molecular weight excluding hydrogens is 268 g/mol. The lowest BCUT2D eigenvalue weighted by atomic mass is 10.0. The predicted octanol–water partition coefficient (Wildman–Crippen LogP) is 2.96. The van der Waals surface area contributed by atoms with Crippen molar-refractivity contribution in [2.45, 2.75) is 26.9 Å². The van der Waals surface area contributed by atoms with E-state index in [4.69, 9.17) is 0 Å². The van der Waals surface area contributed by atoms with Crippen molar-refractivity contribution >= 4 is 0 Å². The number of benzene rings is 1. The van der Waals surface area contributed by atoms with Crippen molar-refractivity contribution < 1.29 is 9.13 Å². The fourth-order valence-corrected chi connectivity index (χ4v) is 3.22. The standard InChI is InChI=1S/C20H20N2/c1-15-7-9-21-13-17-5-3-4-6-18(17)14-22-10-8-16(2)12-20(22)19(21)11-15/h3-12H,13-14H2,1-2H3/q+2. The summed E-state index contributed by atoms with van der Waals surface area (Å²) in [5.74, 6) is 0. The van der Waals surface area contributed by atoms with Gasteiger partial charge in [-0.05, 0) is 25.0 Å². The SMILES string of the molecule is Cc1cc[n+]2c(c1)-c1cc(C)cc[n+]1Cc1ccccc1C2. The molecule has 108 valence electrons. The molecule has 0 saturated heterocycles. The molecule has 0 amide bonds. The van der Waals surface area contributed by atoms with Crippen LogP contribution in [0.5, 0.6) is 0 Å². The number of hydrogen-bond donors (Lipinski definition) is 0. The molecule has 0 aliphatic carbocycles.